The Hall–Kier alpha value is -3.23. The van der Waals surface area contributed by atoms with Crippen LogP contribution in [-0.2, 0) is 16.4 Å². The van der Waals surface area contributed by atoms with Crippen molar-refractivity contribution in [2.75, 3.05) is 30.4 Å². The van der Waals surface area contributed by atoms with Crippen LogP contribution in [0.1, 0.15) is 15.9 Å². The van der Waals surface area contributed by atoms with E-state index in [2.05, 4.69) is 4.72 Å². The van der Waals surface area contributed by atoms with Gasteiger partial charge in [0.05, 0.1) is 29.8 Å². The lowest BCUT2D eigenvalue weighted by Gasteiger charge is -2.19. The van der Waals surface area contributed by atoms with Crippen molar-refractivity contribution < 1.29 is 22.7 Å². The summed E-state index contributed by atoms with van der Waals surface area (Å²) in [5, 5.41) is 0.195. The number of anilines is 2. The van der Waals surface area contributed by atoms with E-state index in [-0.39, 0.29) is 15.8 Å². The predicted octanol–water partition coefficient (Wildman–Crippen LogP) is 4.36. The molecular weight excluding hydrogens is 452 g/mol. The molecule has 9 heteroatoms. The summed E-state index contributed by atoms with van der Waals surface area (Å²) in [5.74, 6) is 0.892. The Kier molecular flexibility index (Phi) is 5.99. The van der Waals surface area contributed by atoms with Crippen LogP contribution in [0.2, 0.25) is 5.02 Å². The maximum absolute atomic E-state index is 13.0. The third-order valence-electron chi connectivity index (χ3n) is 5.25. The van der Waals surface area contributed by atoms with E-state index < -0.39 is 10.0 Å². The Morgan fingerprint density at radius 2 is 1.75 bits per heavy atom. The summed E-state index contributed by atoms with van der Waals surface area (Å²) in [4.78, 5) is 14.7. The van der Waals surface area contributed by atoms with E-state index in [4.69, 9.17) is 21.1 Å². The molecule has 1 aliphatic rings. The monoisotopic (exact) mass is 472 g/mol. The Bertz CT molecular complexity index is 1280. The highest BCUT2D eigenvalue weighted by Crippen LogP contribution is 2.33. The third-order valence-corrected chi connectivity index (χ3v) is 6.92. The molecule has 32 heavy (non-hydrogen) atoms. The third kappa shape index (κ3) is 4.24. The summed E-state index contributed by atoms with van der Waals surface area (Å²) in [6, 6.07) is 16.3. The number of sulfonamides is 1. The van der Waals surface area contributed by atoms with E-state index in [9.17, 15) is 13.2 Å². The summed E-state index contributed by atoms with van der Waals surface area (Å²) >= 11 is 6.08. The average molecular weight is 473 g/mol. The van der Waals surface area contributed by atoms with Gasteiger partial charge in [0, 0.05) is 17.8 Å². The molecule has 1 N–H and O–H groups in total. The second-order valence-electron chi connectivity index (χ2n) is 7.18. The quantitative estimate of drug-likeness (QED) is 0.576. The summed E-state index contributed by atoms with van der Waals surface area (Å²) in [5.41, 5.74) is 2.53. The van der Waals surface area contributed by atoms with Crippen LogP contribution >= 0.6 is 11.6 Å². The molecule has 1 aliphatic heterocycles. The highest BCUT2D eigenvalue weighted by Gasteiger charge is 2.27. The van der Waals surface area contributed by atoms with Gasteiger partial charge >= 0.3 is 0 Å². The van der Waals surface area contributed by atoms with Gasteiger partial charge < -0.3 is 14.4 Å². The first-order valence-electron chi connectivity index (χ1n) is 9.77. The zero-order valence-electron chi connectivity index (χ0n) is 17.5. The topological polar surface area (TPSA) is 84.9 Å². The first-order chi connectivity index (χ1) is 15.3. The minimum absolute atomic E-state index is 0.00923. The fraction of sp³-hybridized carbons (Fsp3) is 0.174. The Morgan fingerprint density at radius 3 is 2.41 bits per heavy atom. The number of methoxy groups -OCH3 is 2. The van der Waals surface area contributed by atoms with Crippen LogP contribution in [0.4, 0.5) is 11.4 Å². The van der Waals surface area contributed by atoms with Crippen molar-refractivity contribution in [1.82, 2.24) is 0 Å². The van der Waals surface area contributed by atoms with Crippen LogP contribution in [0.5, 0.6) is 11.5 Å². The number of hydrogen-bond acceptors (Lipinski definition) is 5. The molecule has 166 valence electrons. The standard InChI is InChI=1S/C23H21ClN2O5S/c1-30-18-7-4-16(5-8-18)23(27)26-12-11-15-3-6-17(13-21(15)26)25-32(28,29)19-9-10-22(31-2)20(24)14-19/h3-10,13-14,25H,11-12H2,1-2H3. The molecule has 0 atom stereocenters. The summed E-state index contributed by atoms with van der Waals surface area (Å²) < 4.78 is 38.5. The molecule has 0 saturated heterocycles. The minimum Gasteiger partial charge on any atom is -0.497 e. The summed E-state index contributed by atoms with van der Waals surface area (Å²) in [6.07, 6.45) is 0.693. The number of halogens is 1. The van der Waals surface area contributed by atoms with Crippen LogP contribution in [-0.4, -0.2) is 35.1 Å². The van der Waals surface area contributed by atoms with E-state index in [1.165, 1.54) is 25.3 Å². The number of benzene rings is 3. The molecule has 0 bridgehead atoms. The highest BCUT2D eigenvalue weighted by molar-refractivity contribution is 7.92. The smallest absolute Gasteiger partial charge is 0.261 e. The second kappa shape index (κ2) is 8.72. The fourth-order valence-corrected chi connectivity index (χ4v) is 4.97. The van der Waals surface area contributed by atoms with Crippen molar-refractivity contribution in [2.24, 2.45) is 0 Å². The van der Waals surface area contributed by atoms with Crippen LogP contribution in [0.15, 0.2) is 65.6 Å². The largest absolute Gasteiger partial charge is 0.497 e. The van der Waals surface area contributed by atoms with Crippen molar-refractivity contribution in [1.29, 1.82) is 0 Å². The van der Waals surface area contributed by atoms with Crippen molar-refractivity contribution in [2.45, 2.75) is 11.3 Å². The van der Waals surface area contributed by atoms with Crippen LogP contribution in [0.3, 0.4) is 0 Å². The molecule has 0 fully saturated rings. The molecule has 3 aromatic carbocycles. The first kappa shape index (κ1) is 22.0. The van der Waals surface area contributed by atoms with Gasteiger partial charge in [0.15, 0.2) is 0 Å². The van der Waals surface area contributed by atoms with Crippen molar-refractivity contribution >= 4 is 38.9 Å². The van der Waals surface area contributed by atoms with Gasteiger partial charge in [-0.25, -0.2) is 8.42 Å². The molecule has 7 nitrogen and oxygen atoms in total. The number of nitrogens with one attached hydrogen (secondary N) is 1. The molecule has 0 unspecified atom stereocenters. The van der Waals surface area contributed by atoms with Gasteiger partial charge in [0.1, 0.15) is 11.5 Å². The molecule has 0 aromatic heterocycles. The van der Waals surface area contributed by atoms with Gasteiger partial charge in [0.2, 0.25) is 0 Å². The van der Waals surface area contributed by atoms with Crippen LogP contribution in [0, 0.1) is 0 Å². The Balaban J connectivity index is 1.59. The Morgan fingerprint density at radius 1 is 1.00 bits per heavy atom. The zero-order valence-corrected chi connectivity index (χ0v) is 19.0. The van der Waals surface area contributed by atoms with Crippen molar-refractivity contribution in [3.8, 4) is 11.5 Å². The van der Waals surface area contributed by atoms with Crippen molar-refractivity contribution in [3.05, 3.63) is 76.8 Å². The minimum atomic E-state index is -3.88. The molecule has 1 heterocycles. The predicted molar refractivity (Wildman–Crippen MR) is 124 cm³/mol. The van der Waals surface area contributed by atoms with Crippen molar-refractivity contribution in [3.63, 3.8) is 0 Å². The molecule has 1 amide bonds. The summed E-state index contributed by atoms with van der Waals surface area (Å²) in [6.45, 7) is 0.518. The SMILES string of the molecule is COc1ccc(C(=O)N2CCc3ccc(NS(=O)(=O)c4ccc(OC)c(Cl)c4)cc32)cc1. The number of fused-ring (bicyclic) bond motifs is 1. The van der Waals surface area contributed by atoms with Gasteiger partial charge in [-0.15, -0.1) is 0 Å². The first-order valence-corrected chi connectivity index (χ1v) is 11.6. The van der Waals surface area contributed by atoms with E-state index in [1.54, 1.807) is 48.4 Å². The fourth-order valence-electron chi connectivity index (χ4n) is 3.57. The van der Waals surface area contributed by atoms with Gasteiger partial charge in [-0.2, -0.15) is 0 Å². The van der Waals surface area contributed by atoms with Gasteiger partial charge in [0.25, 0.3) is 15.9 Å². The molecule has 4 rings (SSSR count). The zero-order chi connectivity index (χ0) is 22.9. The second-order valence-corrected chi connectivity index (χ2v) is 9.27. The molecule has 0 aliphatic carbocycles. The molecule has 0 saturated carbocycles. The van der Waals surface area contributed by atoms with E-state index in [1.807, 2.05) is 6.07 Å². The van der Waals surface area contributed by atoms with E-state index in [0.717, 1.165) is 5.56 Å². The van der Waals surface area contributed by atoms with Gasteiger partial charge in [-0.1, -0.05) is 17.7 Å². The molecule has 3 aromatic rings. The number of carbonyl (C=O) groups is 1. The van der Waals surface area contributed by atoms with E-state index >= 15 is 0 Å². The lowest BCUT2D eigenvalue weighted by Crippen LogP contribution is -2.28. The maximum atomic E-state index is 13.0. The lowest BCUT2D eigenvalue weighted by molar-refractivity contribution is 0.0989. The van der Waals surface area contributed by atoms with Crippen LogP contribution < -0.4 is 19.1 Å². The normalized spacial score (nSPS) is 12.9. The maximum Gasteiger partial charge on any atom is 0.261 e. The molecular formula is C23H21ClN2O5S. The number of carbonyl (C=O) groups excluding carboxylic acids is 1. The number of hydrogen-bond donors (Lipinski definition) is 1. The average Bonchev–Trinajstić information content (AvgIpc) is 3.21. The number of amides is 1. The van der Waals surface area contributed by atoms with Gasteiger partial charge in [-0.3, -0.25) is 9.52 Å². The van der Waals surface area contributed by atoms with Crippen LogP contribution in [0.25, 0.3) is 0 Å². The lowest BCUT2D eigenvalue weighted by atomic mass is 10.1. The van der Waals surface area contributed by atoms with E-state index in [0.29, 0.717) is 41.4 Å². The number of nitrogens with zero attached hydrogens (tertiary/aromatic N) is 1. The summed E-state index contributed by atoms with van der Waals surface area (Å²) in [7, 11) is -0.862. The highest BCUT2D eigenvalue weighted by atomic mass is 35.5. The number of ether oxygens (including phenoxy) is 2. The van der Waals surface area contributed by atoms with Gasteiger partial charge in [-0.05, 0) is 66.6 Å². The number of rotatable bonds is 6. The molecule has 0 radical (unpaired) electrons. The molecule has 0 spiro atoms. The Labute approximate surface area is 191 Å².